The lowest BCUT2D eigenvalue weighted by Crippen LogP contribution is -2.25. The lowest BCUT2D eigenvalue weighted by molar-refractivity contribution is 0.102. The average Bonchev–Trinajstić information content (AvgIpc) is 3.40. The molecule has 2 atom stereocenters. The molecule has 2 saturated carbocycles. The first kappa shape index (κ1) is 14.5. The molecule has 0 spiro atoms. The second-order valence-electron chi connectivity index (χ2n) is 6.99. The van der Waals surface area contributed by atoms with E-state index in [4.69, 9.17) is 5.73 Å². The van der Waals surface area contributed by atoms with Gasteiger partial charge in [-0.15, -0.1) is 0 Å². The van der Waals surface area contributed by atoms with Crippen LogP contribution in [0.4, 0.5) is 5.69 Å². The molecule has 0 unspecified atom stereocenters. The minimum atomic E-state index is -0.269. The summed E-state index contributed by atoms with van der Waals surface area (Å²) >= 11 is 0. The summed E-state index contributed by atoms with van der Waals surface area (Å²) < 4.78 is 1.66. The number of carbonyl (C=O) groups is 1. The zero-order valence-electron chi connectivity index (χ0n) is 13.5. The van der Waals surface area contributed by atoms with Crippen LogP contribution in [0.1, 0.15) is 40.9 Å². The topological polar surface area (TPSA) is 72.9 Å². The molecule has 0 saturated heterocycles. The molecule has 2 aliphatic carbocycles. The van der Waals surface area contributed by atoms with Crippen LogP contribution in [-0.2, 0) is 12.6 Å². The predicted octanol–water partition coefficient (Wildman–Crippen LogP) is 2.56. The minimum Gasteiger partial charge on any atom is -0.322 e. The Morgan fingerprint density at radius 2 is 2.13 bits per heavy atom. The highest BCUT2D eigenvalue weighted by Crippen LogP contribution is 2.61. The number of hydrogen-bond acceptors (Lipinski definition) is 3. The number of rotatable bonds is 4. The molecule has 5 heteroatoms. The molecule has 2 fully saturated rings. The van der Waals surface area contributed by atoms with Crippen molar-refractivity contribution in [1.82, 2.24) is 9.78 Å². The summed E-state index contributed by atoms with van der Waals surface area (Å²) in [7, 11) is 1.82. The van der Waals surface area contributed by atoms with Crippen LogP contribution in [0.2, 0.25) is 0 Å². The maximum Gasteiger partial charge on any atom is 0.259 e. The first-order chi connectivity index (χ1) is 11.0. The zero-order valence-corrected chi connectivity index (χ0v) is 13.5. The standard InChI is InChI=1S/C18H22N4O/c1-11-13(10-22(2)21-11)17(23)20-16-6-4-3-5-14(16)18(19)9-15(18)12-7-8-12/h3-6,10,12,15H,7-9,19H2,1-2H3,(H,20,23)/t15-,18-/m1/s1. The first-order valence-electron chi connectivity index (χ1n) is 8.19. The van der Waals surface area contributed by atoms with Crippen molar-refractivity contribution >= 4 is 11.6 Å². The highest BCUT2D eigenvalue weighted by atomic mass is 16.1. The van der Waals surface area contributed by atoms with Crippen molar-refractivity contribution in [2.24, 2.45) is 24.6 Å². The molecule has 2 aliphatic rings. The van der Waals surface area contributed by atoms with Gasteiger partial charge in [-0.25, -0.2) is 0 Å². The molecule has 1 aromatic heterocycles. The molecule has 1 heterocycles. The number of aromatic nitrogens is 2. The van der Waals surface area contributed by atoms with Crippen LogP contribution < -0.4 is 11.1 Å². The average molecular weight is 310 g/mol. The summed E-state index contributed by atoms with van der Waals surface area (Å²) in [4.78, 5) is 12.6. The van der Waals surface area contributed by atoms with Gasteiger partial charge in [0.2, 0.25) is 0 Å². The fraction of sp³-hybridized carbons (Fsp3) is 0.444. The van der Waals surface area contributed by atoms with Crippen LogP contribution in [0.15, 0.2) is 30.5 Å². The normalized spacial score (nSPS) is 26.1. The van der Waals surface area contributed by atoms with Crippen LogP contribution in [0.5, 0.6) is 0 Å². The van der Waals surface area contributed by atoms with Gasteiger partial charge in [-0.3, -0.25) is 9.48 Å². The summed E-state index contributed by atoms with van der Waals surface area (Å²) in [6, 6.07) is 7.92. The van der Waals surface area contributed by atoms with Crippen molar-refractivity contribution in [3.8, 4) is 0 Å². The summed E-state index contributed by atoms with van der Waals surface area (Å²) in [5.74, 6) is 1.22. The van der Waals surface area contributed by atoms with Crippen molar-refractivity contribution in [3.05, 3.63) is 47.3 Å². The molecular formula is C18H22N4O. The molecular weight excluding hydrogens is 288 g/mol. The summed E-state index contributed by atoms with van der Waals surface area (Å²) in [5, 5.41) is 7.27. The van der Waals surface area contributed by atoms with Crippen LogP contribution in [0, 0.1) is 18.8 Å². The second kappa shape index (κ2) is 4.93. The van der Waals surface area contributed by atoms with Gasteiger partial charge in [0.1, 0.15) is 0 Å². The third-order valence-electron chi connectivity index (χ3n) is 5.19. The number of carbonyl (C=O) groups excluding carboxylic acids is 1. The molecule has 1 aromatic carbocycles. The van der Waals surface area contributed by atoms with Crippen LogP contribution in [-0.4, -0.2) is 15.7 Å². The van der Waals surface area contributed by atoms with E-state index in [0.29, 0.717) is 11.5 Å². The molecule has 5 nitrogen and oxygen atoms in total. The van der Waals surface area contributed by atoms with Gasteiger partial charge in [0.15, 0.2) is 0 Å². The van der Waals surface area contributed by atoms with Crippen molar-refractivity contribution in [3.63, 3.8) is 0 Å². The SMILES string of the molecule is Cc1nn(C)cc1C(=O)Nc1ccccc1[C@]1(N)C[C@@H]1C1CC1. The maximum atomic E-state index is 12.6. The van der Waals surface area contributed by atoms with E-state index >= 15 is 0 Å². The minimum absolute atomic E-state index is 0.129. The molecule has 0 radical (unpaired) electrons. The quantitative estimate of drug-likeness (QED) is 0.911. The van der Waals surface area contributed by atoms with E-state index < -0.39 is 0 Å². The monoisotopic (exact) mass is 310 g/mol. The lowest BCUT2D eigenvalue weighted by Gasteiger charge is -2.17. The number of nitrogens with two attached hydrogens (primary N) is 1. The maximum absolute atomic E-state index is 12.6. The van der Waals surface area contributed by atoms with Crippen LogP contribution in [0.25, 0.3) is 0 Å². The Morgan fingerprint density at radius 1 is 1.39 bits per heavy atom. The van der Waals surface area contributed by atoms with E-state index in [0.717, 1.165) is 29.3 Å². The third-order valence-corrected chi connectivity index (χ3v) is 5.19. The largest absolute Gasteiger partial charge is 0.322 e. The number of anilines is 1. The number of aryl methyl sites for hydroxylation is 2. The van der Waals surface area contributed by atoms with Crippen molar-refractivity contribution in [2.45, 2.75) is 31.7 Å². The van der Waals surface area contributed by atoms with Crippen molar-refractivity contribution < 1.29 is 4.79 Å². The van der Waals surface area contributed by atoms with Gasteiger partial charge in [-0.1, -0.05) is 18.2 Å². The van der Waals surface area contributed by atoms with Gasteiger partial charge >= 0.3 is 0 Å². The molecule has 0 aliphatic heterocycles. The first-order valence-corrected chi connectivity index (χ1v) is 8.19. The summed E-state index contributed by atoms with van der Waals surface area (Å²) in [5.41, 5.74) is 9.58. The Hall–Kier alpha value is -2.14. The molecule has 0 bridgehead atoms. The van der Waals surface area contributed by atoms with Gasteiger partial charge in [-0.2, -0.15) is 5.10 Å². The molecule has 120 valence electrons. The van der Waals surface area contributed by atoms with Gasteiger partial charge in [0.25, 0.3) is 5.91 Å². The third kappa shape index (κ3) is 2.45. The van der Waals surface area contributed by atoms with E-state index in [-0.39, 0.29) is 11.4 Å². The Bertz CT molecular complexity index is 777. The number of benzene rings is 1. The Balaban J connectivity index is 1.60. The zero-order chi connectivity index (χ0) is 16.2. The highest BCUT2D eigenvalue weighted by Gasteiger charge is 2.59. The predicted molar refractivity (Wildman–Crippen MR) is 89.0 cm³/mol. The van der Waals surface area contributed by atoms with Gasteiger partial charge in [-0.05, 0) is 49.7 Å². The molecule has 1 amide bonds. The van der Waals surface area contributed by atoms with Crippen LogP contribution in [0.3, 0.4) is 0 Å². The van der Waals surface area contributed by atoms with Gasteiger partial charge in [0, 0.05) is 24.5 Å². The number of para-hydroxylation sites is 1. The number of nitrogens with zero attached hydrogens (tertiary/aromatic N) is 2. The summed E-state index contributed by atoms with van der Waals surface area (Å²) in [6.07, 6.45) is 5.37. The van der Waals surface area contributed by atoms with Crippen molar-refractivity contribution in [2.75, 3.05) is 5.32 Å². The number of hydrogen-bond donors (Lipinski definition) is 2. The number of nitrogens with one attached hydrogen (secondary N) is 1. The molecule has 2 aromatic rings. The van der Waals surface area contributed by atoms with E-state index in [9.17, 15) is 4.79 Å². The van der Waals surface area contributed by atoms with E-state index in [1.54, 1.807) is 10.9 Å². The lowest BCUT2D eigenvalue weighted by atomic mass is 9.99. The van der Waals surface area contributed by atoms with Crippen molar-refractivity contribution in [1.29, 1.82) is 0 Å². The van der Waals surface area contributed by atoms with E-state index in [2.05, 4.69) is 10.4 Å². The van der Waals surface area contributed by atoms with E-state index in [1.165, 1.54) is 12.8 Å². The fourth-order valence-electron chi connectivity index (χ4n) is 3.71. The number of amides is 1. The highest BCUT2D eigenvalue weighted by molar-refractivity contribution is 6.05. The Kier molecular flexibility index (Phi) is 3.10. The van der Waals surface area contributed by atoms with Gasteiger partial charge in [0.05, 0.1) is 11.3 Å². The molecule has 23 heavy (non-hydrogen) atoms. The second-order valence-corrected chi connectivity index (χ2v) is 6.99. The smallest absolute Gasteiger partial charge is 0.259 e. The molecule has 4 rings (SSSR count). The Morgan fingerprint density at radius 3 is 2.78 bits per heavy atom. The summed E-state index contributed by atoms with van der Waals surface area (Å²) in [6.45, 7) is 1.84. The van der Waals surface area contributed by atoms with E-state index in [1.807, 2.05) is 38.2 Å². The fourth-order valence-corrected chi connectivity index (χ4v) is 3.71. The van der Waals surface area contributed by atoms with Gasteiger partial charge < -0.3 is 11.1 Å². The molecule has 3 N–H and O–H groups in total. The Labute approximate surface area is 135 Å². The van der Waals surface area contributed by atoms with Crippen LogP contribution >= 0.6 is 0 Å².